The molecule has 0 aromatic heterocycles. The molecule has 0 spiro atoms. The lowest BCUT2D eigenvalue weighted by Crippen LogP contribution is -2.34. The molecule has 13 heavy (non-hydrogen) atoms. The van der Waals surface area contributed by atoms with Crippen molar-refractivity contribution < 1.29 is 9.32 Å². The van der Waals surface area contributed by atoms with E-state index in [1.807, 2.05) is 0 Å². The number of carbonyl (C=O) groups is 1. The summed E-state index contributed by atoms with van der Waals surface area (Å²) in [4.78, 5) is 11.0. The van der Waals surface area contributed by atoms with Crippen molar-refractivity contribution in [3.63, 3.8) is 0 Å². The summed E-state index contributed by atoms with van der Waals surface area (Å²) >= 11 is 0. The Labute approximate surface area is 80.2 Å². The van der Waals surface area contributed by atoms with E-state index in [4.69, 9.17) is 4.53 Å². The van der Waals surface area contributed by atoms with Crippen LogP contribution in [0.5, 0.6) is 0 Å². The van der Waals surface area contributed by atoms with E-state index in [1.165, 1.54) is 0 Å². The first-order chi connectivity index (χ1) is 5.97. The third kappa shape index (κ3) is 4.24. The van der Waals surface area contributed by atoms with Gasteiger partial charge in [-0.2, -0.15) is 0 Å². The highest BCUT2D eigenvalue weighted by Gasteiger charge is 2.17. The van der Waals surface area contributed by atoms with Crippen LogP contribution in [0.4, 0.5) is 0 Å². The molecule has 0 aromatic carbocycles. The van der Waals surface area contributed by atoms with E-state index in [-0.39, 0.29) is 5.78 Å². The lowest BCUT2D eigenvalue weighted by molar-refractivity contribution is -0.115. The standard InChI is InChI=1S/C9H17NO2Si/c1-13(2,3)12-10-8-5-4-6-9(11)7-8/h7,10H,4-6H2,1-3H3. The Morgan fingerprint density at radius 2 is 2.08 bits per heavy atom. The van der Waals surface area contributed by atoms with Crippen molar-refractivity contribution >= 4 is 14.1 Å². The fourth-order valence-electron chi connectivity index (χ4n) is 1.09. The van der Waals surface area contributed by atoms with E-state index in [2.05, 4.69) is 25.1 Å². The van der Waals surface area contributed by atoms with Gasteiger partial charge in [0.25, 0.3) is 0 Å². The molecule has 0 saturated heterocycles. The molecule has 1 aliphatic carbocycles. The molecule has 0 fully saturated rings. The molecule has 74 valence electrons. The predicted octanol–water partition coefficient (Wildman–Crippen LogP) is 1.98. The second kappa shape index (κ2) is 4.06. The van der Waals surface area contributed by atoms with Crippen LogP contribution in [0.15, 0.2) is 11.8 Å². The molecular formula is C9H17NO2Si. The molecule has 4 heteroatoms. The zero-order valence-electron chi connectivity index (χ0n) is 8.52. The predicted molar refractivity (Wildman–Crippen MR) is 54.5 cm³/mol. The first kappa shape index (κ1) is 10.5. The van der Waals surface area contributed by atoms with Gasteiger partial charge in [0, 0.05) is 18.2 Å². The van der Waals surface area contributed by atoms with Gasteiger partial charge in [0.15, 0.2) is 5.78 Å². The third-order valence-corrected chi connectivity index (χ3v) is 2.41. The average molecular weight is 199 g/mol. The summed E-state index contributed by atoms with van der Waals surface area (Å²) in [5.41, 5.74) is 3.82. The van der Waals surface area contributed by atoms with Crippen molar-refractivity contribution in [1.29, 1.82) is 0 Å². The van der Waals surface area contributed by atoms with Crippen molar-refractivity contribution in [3.8, 4) is 0 Å². The number of ketones is 1. The largest absolute Gasteiger partial charge is 0.323 e. The molecule has 0 radical (unpaired) electrons. The maximum absolute atomic E-state index is 11.0. The first-order valence-corrected chi connectivity index (χ1v) is 8.06. The molecule has 3 nitrogen and oxygen atoms in total. The summed E-state index contributed by atoms with van der Waals surface area (Å²) in [5.74, 6) is 0.202. The summed E-state index contributed by atoms with van der Waals surface area (Å²) < 4.78 is 5.49. The number of hydroxylamine groups is 1. The van der Waals surface area contributed by atoms with Crippen LogP contribution < -0.4 is 5.48 Å². The Hall–Kier alpha value is -0.613. The quantitative estimate of drug-likeness (QED) is 0.558. The zero-order chi connectivity index (χ0) is 9.90. The van der Waals surface area contributed by atoms with Crippen molar-refractivity contribution in [2.24, 2.45) is 0 Å². The van der Waals surface area contributed by atoms with Crippen LogP contribution in [-0.4, -0.2) is 14.1 Å². The number of rotatable bonds is 3. The van der Waals surface area contributed by atoms with Crippen LogP contribution in [-0.2, 0) is 9.32 Å². The van der Waals surface area contributed by atoms with Gasteiger partial charge in [-0.15, -0.1) is 0 Å². The molecule has 0 aromatic rings. The molecule has 0 atom stereocenters. The average Bonchev–Trinajstić information content (AvgIpc) is 2.00. The van der Waals surface area contributed by atoms with Gasteiger partial charge >= 0.3 is 0 Å². The Balaban J connectivity index is 2.41. The Kier molecular flexibility index (Phi) is 3.27. The van der Waals surface area contributed by atoms with Crippen LogP contribution in [0.25, 0.3) is 0 Å². The minimum absolute atomic E-state index is 0.202. The number of carbonyl (C=O) groups excluding carboxylic acids is 1. The van der Waals surface area contributed by atoms with Crippen LogP contribution in [0.3, 0.4) is 0 Å². The van der Waals surface area contributed by atoms with Gasteiger partial charge in [-0.05, 0) is 32.5 Å². The summed E-state index contributed by atoms with van der Waals surface area (Å²) in [5, 5.41) is 0. The van der Waals surface area contributed by atoms with Crippen LogP contribution in [0.1, 0.15) is 19.3 Å². The van der Waals surface area contributed by atoms with Crippen molar-refractivity contribution in [2.45, 2.75) is 38.9 Å². The lowest BCUT2D eigenvalue weighted by Gasteiger charge is -2.21. The second-order valence-electron chi connectivity index (χ2n) is 4.31. The fourth-order valence-corrected chi connectivity index (χ4v) is 1.53. The van der Waals surface area contributed by atoms with Gasteiger partial charge in [-0.1, -0.05) is 0 Å². The maximum Gasteiger partial charge on any atom is 0.220 e. The Bertz CT molecular complexity index is 230. The number of hydrogen-bond acceptors (Lipinski definition) is 3. The minimum Gasteiger partial charge on any atom is -0.323 e. The molecule has 1 N–H and O–H groups in total. The lowest BCUT2D eigenvalue weighted by atomic mass is 10.0. The second-order valence-corrected chi connectivity index (χ2v) is 8.73. The molecule has 0 aliphatic heterocycles. The highest BCUT2D eigenvalue weighted by molar-refractivity contribution is 6.69. The van der Waals surface area contributed by atoms with Crippen LogP contribution in [0.2, 0.25) is 19.6 Å². The summed E-state index contributed by atoms with van der Waals surface area (Å²) in [6.07, 6.45) is 4.20. The third-order valence-electron chi connectivity index (χ3n) is 1.69. The van der Waals surface area contributed by atoms with Gasteiger partial charge in [-0.3, -0.25) is 10.3 Å². The van der Waals surface area contributed by atoms with Gasteiger partial charge in [-0.25, -0.2) is 0 Å². The van der Waals surface area contributed by atoms with E-state index in [0.29, 0.717) is 6.42 Å². The van der Waals surface area contributed by atoms with Crippen LogP contribution >= 0.6 is 0 Å². The number of allylic oxidation sites excluding steroid dienone is 2. The zero-order valence-corrected chi connectivity index (χ0v) is 9.52. The summed E-state index contributed by atoms with van der Waals surface area (Å²) in [6.45, 7) is 6.31. The van der Waals surface area contributed by atoms with Gasteiger partial charge in [0.1, 0.15) is 0 Å². The number of nitrogens with one attached hydrogen (secondary N) is 1. The fraction of sp³-hybridized carbons (Fsp3) is 0.667. The number of hydrogen-bond donors (Lipinski definition) is 1. The monoisotopic (exact) mass is 199 g/mol. The minimum atomic E-state index is -1.53. The smallest absolute Gasteiger partial charge is 0.220 e. The maximum atomic E-state index is 11.0. The van der Waals surface area contributed by atoms with E-state index >= 15 is 0 Å². The normalized spacial score (nSPS) is 18.4. The van der Waals surface area contributed by atoms with E-state index in [1.54, 1.807) is 6.08 Å². The van der Waals surface area contributed by atoms with Crippen molar-refractivity contribution in [1.82, 2.24) is 5.48 Å². The Morgan fingerprint density at radius 1 is 1.38 bits per heavy atom. The molecule has 1 rings (SSSR count). The Morgan fingerprint density at radius 3 is 2.62 bits per heavy atom. The SMILES string of the molecule is C[Si](C)(C)ONC1=CC(=O)CCC1. The first-order valence-electron chi connectivity index (χ1n) is 4.65. The summed E-state index contributed by atoms with van der Waals surface area (Å²) in [6, 6.07) is 0. The molecule has 0 unspecified atom stereocenters. The molecule has 0 saturated carbocycles. The van der Waals surface area contributed by atoms with Gasteiger partial charge in [0.2, 0.25) is 8.32 Å². The van der Waals surface area contributed by atoms with E-state index < -0.39 is 8.32 Å². The van der Waals surface area contributed by atoms with Gasteiger partial charge in [0.05, 0.1) is 0 Å². The highest BCUT2D eigenvalue weighted by Crippen LogP contribution is 2.13. The van der Waals surface area contributed by atoms with E-state index in [9.17, 15) is 4.79 Å². The molecule has 0 bridgehead atoms. The highest BCUT2D eigenvalue weighted by atomic mass is 28.4. The summed E-state index contributed by atoms with van der Waals surface area (Å²) in [7, 11) is -1.53. The van der Waals surface area contributed by atoms with Gasteiger partial charge < -0.3 is 4.53 Å². The molecule has 0 heterocycles. The molecular weight excluding hydrogens is 182 g/mol. The molecule has 1 aliphatic rings. The van der Waals surface area contributed by atoms with Crippen LogP contribution in [0, 0.1) is 0 Å². The van der Waals surface area contributed by atoms with E-state index in [0.717, 1.165) is 18.5 Å². The van der Waals surface area contributed by atoms with Crippen molar-refractivity contribution in [3.05, 3.63) is 11.8 Å². The van der Waals surface area contributed by atoms with Crippen molar-refractivity contribution in [2.75, 3.05) is 0 Å². The topological polar surface area (TPSA) is 38.3 Å². The molecule has 0 amide bonds.